The van der Waals surface area contributed by atoms with E-state index in [0.717, 1.165) is 65.0 Å². The molecule has 27 heavy (non-hydrogen) atoms. The molecule has 0 radical (unpaired) electrons. The van der Waals surface area contributed by atoms with Crippen molar-refractivity contribution >= 4 is 24.2 Å². The molecular weight excluding hydrogens is 364 g/mol. The van der Waals surface area contributed by atoms with Crippen LogP contribution in [0, 0.1) is 17.3 Å². The van der Waals surface area contributed by atoms with Gasteiger partial charge in [-0.2, -0.15) is 0 Å². The minimum Gasteiger partial charge on any atom is -0.342 e. The van der Waals surface area contributed by atoms with E-state index in [1.54, 1.807) is 0 Å². The molecule has 0 aromatic carbocycles. The molecule has 156 valence electrons. The molecule has 3 heterocycles. The molecule has 6 nitrogen and oxygen atoms in total. The number of likely N-dealkylation sites (tertiary alicyclic amines) is 3. The molecule has 3 rings (SSSR count). The zero-order chi connectivity index (χ0) is 18.7. The Balaban J connectivity index is 0.00000261. The number of hydrogen-bond acceptors (Lipinski definition) is 4. The maximum atomic E-state index is 12.8. The zero-order valence-corrected chi connectivity index (χ0v) is 17.8. The van der Waals surface area contributed by atoms with Crippen molar-refractivity contribution in [2.24, 2.45) is 23.0 Å². The summed E-state index contributed by atoms with van der Waals surface area (Å²) in [5.74, 6) is 1.26. The van der Waals surface area contributed by atoms with Gasteiger partial charge in [0.15, 0.2) is 0 Å². The lowest BCUT2D eigenvalue weighted by molar-refractivity contribution is -0.142. The summed E-state index contributed by atoms with van der Waals surface area (Å²) < 4.78 is 0. The van der Waals surface area contributed by atoms with Crippen molar-refractivity contribution in [2.45, 2.75) is 46.0 Å². The summed E-state index contributed by atoms with van der Waals surface area (Å²) in [5.41, 5.74) is 6.02. The van der Waals surface area contributed by atoms with E-state index in [-0.39, 0.29) is 29.6 Å². The summed E-state index contributed by atoms with van der Waals surface area (Å²) in [5, 5.41) is 0. The van der Waals surface area contributed by atoms with Crippen LogP contribution in [0.25, 0.3) is 0 Å². The molecule has 3 saturated heterocycles. The van der Waals surface area contributed by atoms with Crippen LogP contribution >= 0.6 is 12.4 Å². The first-order valence-corrected chi connectivity index (χ1v) is 10.4. The second-order valence-electron chi connectivity index (χ2n) is 9.16. The van der Waals surface area contributed by atoms with Crippen LogP contribution in [0.5, 0.6) is 0 Å². The summed E-state index contributed by atoms with van der Waals surface area (Å²) in [4.78, 5) is 31.7. The average Bonchev–Trinajstić information content (AvgIpc) is 3.02. The van der Waals surface area contributed by atoms with Gasteiger partial charge in [-0.05, 0) is 56.5 Å². The first kappa shape index (κ1) is 22.4. The Morgan fingerprint density at radius 3 is 2.37 bits per heavy atom. The minimum atomic E-state index is 0. The Labute approximate surface area is 170 Å². The highest BCUT2D eigenvalue weighted by atomic mass is 35.5. The van der Waals surface area contributed by atoms with E-state index < -0.39 is 0 Å². The lowest BCUT2D eigenvalue weighted by Crippen LogP contribution is -2.48. The summed E-state index contributed by atoms with van der Waals surface area (Å²) in [6, 6.07) is 0. The van der Waals surface area contributed by atoms with Gasteiger partial charge in [-0.25, -0.2) is 0 Å². The molecule has 0 aromatic heterocycles. The molecule has 2 amide bonds. The Bertz CT molecular complexity index is 524. The fourth-order valence-corrected chi connectivity index (χ4v) is 4.74. The molecule has 7 heteroatoms. The highest BCUT2D eigenvalue weighted by Gasteiger charge is 2.35. The van der Waals surface area contributed by atoms with Crippen molar-refractivity contribution in [2.75, 3.05) is 52.4 Å². The number of halogens is 1. The number of hydrogen-bond donors (Lipinski definition) is 1. The topological polar surface area (TPSA) is 69.9 Å². The maximum absolute atomic E-state index is 12.8. The molecular formula is C20H37ClN4O2. The molecule has 2 unspecified atom stereocenters. The predicted octanol–water partition coefficient (Wildman–Crippen LogP) is 1.58. The lowest BCUT2D eigenvalue weighted by Gasteiger charge is -2.37. The minimum absolute atomic E-state index is 0. The molecule has 0 aromatic rings. The monoisotopic (exact) mass is 400 g/mol. The highest BCUT2D eigenvalue weighted by Crippen LogP contribution is 2.29. The fraction of sp³-hybridized carbons (Fsp3) is 0.900. The van der Waals surface area contributed by atoms with Crippen LogP contribution in [0.15, 0.2) is 0 Å². The van der Waals surface area contributed by atoms with Crippen molar-refractivity contribution < 1.29 is 9.59 Å². The van der Waals surface area contributed by atoms with Gasteiger partial charge in [-0.15, -0.1) is 12.4 Å². The molecule has 0 saturated carbocycles. The lowest BCUT2D eigenvalue weighted by atomic mass is 9.90. The second-order valence-corrected chi connectivity index (χ2v) is 9.16. The Morgan fingerprint density at radius 1 is 1.07 bits per heavy atom. The number of nitrogens with two attached hydrogens (primary N) is 1. The van der Waals surface area contributed by atoms with Gasteiger partial charge in [0.05, 0.1) is 6.54 Å². The third kappa shape index (κ3) is 5.58. The van der Waals surface area contributed by atoms with E-state index in [2.05, 4.69) is 23.6 Å². The molecule has 0 spiro atoms. The number of nitrogens with zero attached hydrogens (tertiary/aromatic N) is 3. The van der Waals surface area contributed by atoms with Crippen molar-refractivity contribution in [3.8, 4) is 0 Å². The molecule has 3 fully saturated rings. The van der Waals surface area contributed by atoms with Crippen LogP contribution in [0.2, 0.25) is 0 Å². The van der Waals surface area contributed by atoms with Crippen molar-refractivity contribution in [3.63, 3.8) is 0 Å². The fourth-order valence-electron chi connectivity index (χ4n) is 4.74. The van der Waals surface area contributed by atoms with Crippen molar-refractivity contribution in [1.29, 1.82) is 0 Å². The van der Waals surface area contributed by atoms with E-state index in [1.807, 2.05) is 4.90 Å². The number of rotatable bonds is 4. The Hall–Kier alpha value is -0.850. The zero-order valence-electron chi connectivity index (χ0n) is 17.0. The summed E-state index contributed by atoms with van der Waals surface area (Å²) >= 11 is 0. The number of piperidine rings is 2. The highest BCUT2D eigenvalue weighted by molar-refractivity contribution is 5.85. The first-order valence-electron chi connectivity index (χ1n) is 10.4. The first-order chi connectivity index (χ1) is 12.4. The van der Waals surface area contributed by atoms with Gasteiger partial charge >= 0.3 is 0 Å². The average molecular weight is 401 g/mol. The van der Waals surface area contributed by atoms with Crippen molar-refractivity contribution in [1.82, 2.24) is 14.7 Å². The van der Waals surface area contributed by atoms with E-state index in [1.165, 1.54) is 6.42 Å². The number of carbonyl (C=O) groups excluding carboxylic acids is 2. The van der Waals surface area contributed by atoms with Crippen LogP contribution in [0.1, 0.15) is 46.0 Å². The predicted molar refractivity (Wildman–Crippen MR) is 110 cm³/mol. The molecule has 3 aliphatic rings. The van der Waals surface area contributed by atoms with Gasteiger partial charge in [-0.3, -0.25) is 14.5 Å². The summed E-state index contributed by atoms with van der Waals surface area (Å²) in [6.45, 7) is 10.8. The number of amides is 2. The van der Waals surface area contributed by atoms with Crippen LogP contribution < -0.4 is 5.73 Å². The summed E-state index contributed by atoms with van der Waals surface area (Å²) in [7, 11) is 0. The van der Waals surface area contributed by atoms with E-state index in [0.29, 0.717) is 24.9 Å². The second kappa shape index (κ2) is 9.57. The molecule has 2 atom stereocenters. The van der Waals surface area contributed by atoms with Gasteiger partial charge in [0, 0.05) is 38.6 Å². The van der Waals surface area contributed by atoms with E-state index >= 15 is 0 Å². The van der Waals surface area contributed by atoms with Crippen molar-refractivity contribution in [3.05, 3.63) is 0 Å². The number of carbonyl (C=O) groups is 2. The van der Waals surface area contributed by atoms with Crippen LogP contribution in [0.4, 0.5) is 0 Å². The standard InChI is InChI=1S/C20H36N4O2.ClH/c1-16-4-3-8-24(12-16)19(26)17-5-9-23(10-6-17)18(25)13-22-11-7-20(2,14-21)15-22;/h16-17H,3-15,21H2,1-2H3;1H. The van der Waals surface area contributed by atoms with E-state index in [9.17, 15) is 9.59 Å². The maximum Gasteiger partial charge on any atom is 0.236 e. The molecule has 0 bridgehead atoms. The van der Waals surface area contributed by atoms with Gasteiger partial charge in [-0.1, -0.05) is 13.8 Å². The largest absolute Gasteiger partial charge is 0.342 e. The van der Waals surface area contributed by atoms with Crippen LogP contribution in [-0.2, 0) is 9.59 Å². The van der Waals surface area contributed by atoms with Gasteiger partial charge in [0.1, 0.15) is 0 Å². The van der Waals surface area contributed by atoms with Gasteiger partial charge in [0.2, 0.25) is 11.8 Å². The SMILES string of the molecule is CC1CCCN(C(=O)C2CCN(C(=O)CN3CCC(C)(CN)C3)CC2)C1.Cl. The Kier molecular flexibility index (Phi) is 7.95. The summed E-state index contributed by atoms with van der Waals surface area (Å²) in [6.07, 6.45) is 5.06. The third-order valence-corrected chi connectivity index (χ3v) is 6.65. The van der Waals surface area contributed by atoms with Crippen LogP contribution in [-0.4, -0.2) is 78.9 Å². The third-order valence-electron chi connectivity index (χ3n) is 6.65. The Morgan fingerprint density at radius 2 is 1.78 bits per heavy atom. The molecule has 0 aliphatic carbocycles. The molecule has 3 aliphatic heterocycles. The van der Waals surface area contributed by atoms with E-state index in [4.69, 9.17) is 5.73 Å². The van der Waals surface area contributed by atoms with Gasteiger partial charge < -0.3 is 15.5 Å². The molecule has 2 N–H and O–H groups in total. The van der Waals surface area contributed by atoms with Crippen LogP contribution in [0.3, 0.4) is 0 Å². The van der Waals surface area contributed by atoms with Gasteiger partial charge in [0.25, 0.3) is 0 Å². The normalized spacial score (nSPS) is 30.3. The quantitative estimate of drug-likeness (QED) is 0.777. The smallest absolute Gasteiger partial charge is 0.236 e.